The molecule has 3 nitrogen and oxygen atoms in total. The number of rotatable bonds is 2. The molecule has 1 saturated carbocycles. The third-order valence-electron chi connectivity index (χ3n) is 4.53. The largest absolute Gasteiger partial charge is 0.301 e. The maximum atomic E-state index is 11.9. The molecule has 0 spiro atoms. The van der Waals surface area contributed by atoms with E-state index in [4.69, 9.17) is 0 Å². The van der Waals surface area contributed by atoms with Gasteiger partial charge in [-0.25, -0.2) is 0 Å². The second-order valence-corrected chi connectivity index (χ2v) is 5.97. The number of fused-ring (bicyclic) bond motifs is 1. The van der Waals surface area contributed by atoms with Crippen LogP contribution < -0.4 is 0 Å². The van der Waals surface area contributed by atoms with Crippen LogP contribution in [0.1, 0.15) is 40.0 Å². The summed E-state index contributed by atoms with van der Waals surface area (Å²) in [5.74, 6) is 1.04. The van der Waals surface area contributed by atoms with Gasteiger partial charge in [-0.15, -0.1) is 0 Å². The molecule has 0 aromatic carbocycles. The molecule has 96 valence electrons. The van der Waals surface area contributed by atoms with E-state index >= 15 is 0 Å². The third-order valence-corrected chi connectivity index (χ3v) is 4.53. The molecule has 1 heterocycles. The lowest BCUT2D eigenvalue weighted by atomic mass is 9.69. The van der Waals surface area contributed by atoms with Crippen LogP contribution in [0.25, 0.3) is 0 Å². The molecule has 17 heavy (non-hydrogen) atoms. The Labute approximate surface area is 104 Å². The van der Waals surface area contributed by atoms with Crippen LogP contribution in [0.3, 0.4) is 0 Å². The Morgan fingerprint density at radius 2 is 2.06 bits per heavy atom. The molecule has 0 radical (unpaired) electrons. The molecule has 3 heteroatoms. The molecule has 0 bridgehead atoms. The first-order valence-corrected chi connectivity index (χ1v) is 6.76. The number of likely N-dealkylation sites (tertiary alicyclic amines) is 1. The quantitative estimate of drug-likeness (QED) is 0.688. The monoisotopic (exact) mass is 237 g/mol. The molecule has 1 saturated heterocycles. The Morgan fingerprint density at radius 1 is 1.35 bits per heavy atom. The molecular formula is C14H23NO2. The lowest BCUT2D eigenvalue weighted by Gasteiger charge is -2.44. The van der Waals surface area contributed by atoms with Crippen LogP contribution >= 0.6 is 0 Å². The van der Waals surface area contributed by atoms with Gasteiger partial charge in [0.25, 0.3) is 0 Å². The minimum Gasteiger partial charge on any atom is -0.301 e. The molecule has 0 amide bonds. The van der Waals surface area contributed by atoms with Crippen molar-refractivity contribution in [1.82, 2.24) is 4.90 Å². The minimum absolute atomic E-state index is 0.0649. The van der Waals surface area contributed by atoms with E-state index in [1.165, 1.54) is 0 Å². The van der Waals surface area contributed by atoms with Crippen molar-refractivity contribution in [3.63, 3.8) is 0 Å². The summed E-state index contributed by atoms with van der Waals surface area (Å²) >= 11 is 0. The van der Waals surface area contributed by atoms with Crippen molar-refractivity contribution in [2.75, 3.05) is 13.1 Å². The van der Waals surface area contributed by atoms with Crippen LogP contribution in [0.4, 0.5) is 0 Å². The average molecular weight is 237 g/mol. The Kier molecular flexibility index (Phi) is 3.67. The molecule has 1 aliphatic heterocycles. The predicted molar refractivity (Wildman–Crippen MR) is 66.7 cm³/mol. The fraction of sp³-hybridized carbons (Fsp3) is 0.857. The first-order chi connectivity index (χ1) is 7.99. The molecule has 3 atom stereocenters. The maximum absolute atomic E-state index is 11.9. The van der Waals surface area contributed by atoms with Crippen LogP contribution in [0, 0.1) is 17.8 Å². The summed E-state index contributed by atoms with van der Waals surface area (Å²) in [5.41, 5.74) is 0. The summed E-state index contributed by atoms with van der Waals surface area (Å²) in [7, 11) is 0. The van der Waals surface area contributed by atoms with Crippen molar-refractivity contribution < 1.29 is 9.59 Å². The van der Waals surface area contributed by atoms with Gasteiger partial charge in [-0.1, -0.05) is 0 Å². The van der Waals surface area contributed by atoms with Crippen molar-refractivity contribution >= 4 is 11.6 Å². The summed E-state index contributed by atoms with van der Waals surface area (Å²) < 4.78 is 0. The molecular weight excluding hydrogens is 214 g/mol. The molecule has 0 aromatic rings. The van der Waals surface area contributed by atoms with E-state index in [9.17, 15) is 9.59 Å². The molecule has 0 N–H and O–H groups in total. The van der Waals surface area contributed by atoms with Crippen molar-refractivity contribution in [1.29, 1.82) is 0 Å². The minimum atomic E-state index is -0.302. The van der Waals surface area contributed by atoms with Crippen LogP contribution in [-0.4, -0.2) is 35.6 Å². The van der Waals surface area contributed by atoms with Crippen LogP contribution in [0.5, 0.6) is 0 Å². The normalized spacial score (nSPS) is 34.8. The fourth-order valence-electron chi connectivity index (χ4n) is 3.34. The van der Waals surface area contributed by atoms with E-state index in [2.05, 4.69) is 18.7 Å². The van der Waals surface area contributed by atoms with Crippen molar-refractivity contribution in [3.05, 3.63) is 0 Å². The molecule has 2 rings (SSSR count). The number of carbonyl (C=O) groups excluding carboxylic acids is 2. The zero-order valence-electron chi connectivity index (χ0n) is 11.1. The standard InChI is InChI=1S/C14H23NO2/c1-9(2)15-5-4-11-7-14(17)13(10(3)16)6-12(11)8-15/h9,11-13H,4-8H2,1-3H3/t11-,12+,13?/m0/s1. The number of ketones is 2. The summed E-state index contributed by atoms with van der Waals surface area (Å²) in [6.07, 6.45) is 2.56. The summed E-state index contributed by atoms with van der Waals surface area (Å²) in [6.45, 7) is 8.18. The lowest BCUT2D eigenvalue weighted by molar-refractivity contribution is -0.137. The number of hydrogen-bond donors (Lipinski definition) is 0. The molecule has 1 unspecified atom stereocenters. The Hall–Kier alpha value is -0.700. The van der Waals surface area contributed by atoms with Crippen LogP contribution in [-0.2, 0) is 9.59 Å². The second-order valence-electron chi connectivity index (χ2n) is 5.97. The number of nitrogens with zero attached hydrogens (tertiary/aromatic N) is 1. The SMILES string of the molecule is CC(=O)C1C[C@@H]2CN(C(C)C)CC[C@H]2CC1=O. The van der Waals surface area contributed by atoms with Gasteiger partial charge in [-0.2, -0.15) is 0 Å². The maximum Gasteiger partial charge on any atom is 0.143 e. The lowest BCUT2D eigenvalue weighted by Crippen LogP contribution is -2.48. The number of piperidine rings is 1. The summed E-state index contributed by atoms with van der Waals surface area (Å²) in [5, 5.41) is 0. The Bertz CT molecular complexity index is 324. The molecule has 2 fully saturated rings. The van der Waals surface area contributed by atoms with Gasteiger partial charge >= 0.3 is 0 Å². The zero-order valence-corrected chi connectivity index (χ0v) is 11.1. The molecule has 0 aromatic heterocycles. The van der Waals surface area contributed by atoms with Crippen LogP contribution in [0.2, 0.25) is 0 Å². The molecule has 2 aliphatic rings. The van der Waals surface area contributed by atoms with Crippen molar-refractivity contribution in [3.8, 4) is 0 Å². The third kappa shape index (κ3) is 2.59. The Balaban J connectivity index is 2.04. The highest BCUT2D eigenvalue weighted by Crippen LogP contribution is 2.38. The van der Waals surface area contributed by atoms with E-state index in [1.54, 1.807) is 6.92 Å². The van der Waals surface area contributed by atoms with E-state index in [1.807, 2.05) is 0 Å². The molecule has 1 aliphatic carbocycles. The predicted octanol–water partition coefficient (Wildman–Crippen LogP) is 1.90. The second kappa shape index (κ2) is 4.89. The highest BCUT2D eigenvalue weighted by Gasteiger charge is 2.40. The first-order valence-electron chi connectivity index (χ1n) is 6.76. The van der Waals surface area contributed by atoms with E-state index in [0.29, 0.717) is 24.3 Å². The highest BCUT2D eigenvalue weighted by atomic mass is 16.1. The van der Waals surface area contributed by atoms with Gasteiger partial charge in [0.15, 0.2) is 0 Å². The van der Waals surface area contributed by atoms with Gasteiger partial charge in [-0.3, -0.25) is 9.59 Å². The van der Waals surface area contributed by atoms with Crippen LogP contribution in [0.15, 0.2) is 0 Å². The number of hydrogen-bond acceptors (Lipinski definition) is 3. The topological polar surface area (TPSA) is 37.4 Å². The van der Waals surface area contributed by atoms with E-state index < -0.39 is 0 Å². The van der Waals surface area contributed by atoms with E-state index in [0.717, 1.165) is 25.9 Å². The van der Waals surface area contributed by atoms with Crippen molar-refractivity contribution in [2.24, 2.45) is 17.8 Å². The van der Waals surface area contributed by atoms with Gasteiger partial charge < -0.3 is 4.90 Å². The van der Waals surface area contributed by atoms with Gasteiger partial charge in [0.2, 0.25) is 0 Å². The van der Waals surface area contributed by atoms with Crippen molar-refractivity contribution in [2.45, 2.75) is 46.1 Å². The zero-order chi connectivity index (χ0) is 12.6. The van der Waals surface area contributed by atoms with E-state index in [-0.39, 0.29) is 17.5 Å². The summed E-state index contributed by atoms with van der Waals surface area (Å²) in [4.78, 5) is 25.8. The van der Waals surface area contributed by atoms with Gasteiger partial charge in [-0.05, 0) is 52.0 Å². The average Bonchev–Trinajstić information content (AvgIpc) is 2.27. The van der Waals surface area contributed by atoms with Gasteiger partial charge in [0.1, 0.15) is 11.6 Å². The fourth-order valence-corrected chi connectivity index (χ4v) is 3.34. The van der Waals surface area contributed by atoms with Gasteiger partial charge in [0, 0.05) is 19.0 Å². The highest BCUT2D eigenvalue weighted by molar-refractivity contribution is 6.01. The van der Waals surface area contributed by atoms with Gasteiger partial charge in [0.05, 0.1) is 5.92 Å². The summed E-state index contributed by atoms with van der Waals surface area (Å²) in [6, 6.07) is 0.573. The number of Topliss-reactive ketones (excluding diaryl/α,β-unsaturated/α-hetero) is 2. The Morgan fingerprint density at radius 3 is 2.65 bits per heavy atom. The first kappa shape index (κ1) is 12.7. The number of carbonyl (C=O) groups is 2. The smallest absolute Gasteiger partial charge is 0.143 e.